The highest BCUT2D eigenvalue weighted by Gasteiger charge is 2.25. The lowest BCUT2D eigenvalue weighted by Gasteiger charge is -2.13. The van der Waals surface area contributed by atoms with Crippen molar-refractivity contribution in [1.29, 1.82) is 0 Å². The SMILES string of the molecule is COc1ccc(F)c2[nH]c(C(=O)NC(CC(F)F)C(=O)O)cc12. The Kier molecular flexibility index (Phi) is 4.77. The minimum absolute atomic E-state index is 0.00441. The van der Waals surface area contributed by atoms with Gasteiger partial charge in [0, 0.05) is 11.8 Å². The van der Waals surface area contributed by atoms with Crippen LogP contribution in [0.25, 0.3) is 10.9 Å². The van der Waals surface area contributed by atoms with Crippen molar-refractivity contribution in [3.8, 4) is 5.75 Å². The molecule has 0 aliphatic carbocycles. The fraction of sp³-hybridized carbons (Fsp3) is 0.286. The summed E-state index contributed by atoms with van der Waals surface area (Å²) >= 11 is 0. The van der Waals surface area contributed by atoms with Crippen LogP contribution in [0.2, 0.25) is 0 Å². The van der Waals surface area contributed by atoms with Gasteiger partial charge in [0.25, 0.3) is 5.91 Å². The summed E-state index contributed by atoms with van der Waals surface area (Å²) in [4.78, 5) is 25.4. The van der Waals surface area contributed by atoms with E-state index in [1.807, 2.05) is 5.32 Å². The molecule has 3 N–H and O–H groups in total. The summed E-state index contributed by atoms with van der Waals surface area (Å²) in [6, 6.07) is 2.01. The average Bonchev–Trinajstić information content (AvgIpc) is 2.92. The Morgan fingerprint density at radius 1 is 1.39 bits per heavy atom. The van der Waals surface area contributed by atoms with Gasteiger partial charge in [-0.2, -0.15) is 0 Å². The predicted molar refractivity (Wildman–Crippen MR) is 74.3 cm³/mol. The molecule has 124 valence electrons. The molecule has 0 spiro atoms. The third kappa shape index (κ3) is 3.55. The zero-order valence-electron chi connectivity index (χ0n) is 11.9. The van der Waals surface area contributed by atoms with Crippen LogP contribution in [-0.4, -0.2) is 41.5 Å². The number of ether oxygens (including phenoxy) is 1. The molecule has 1 atom stereocenters. The molecule has 0 aliphatic heterocycles. The van der Waals surface area contributed by atoms with Crippen molar-refractivity contribution >= 4 is 22.8 Å². The van der Waals surface area contributed by atoms with Gasteiger partial charge in [0.05, 0.1) is 12.6 Å². The van der Waals surface area contributed by atoms with Crippen LogP contribution in [0, 0.1) is 5.82 Å². The summed E-state index contributed by atoms with van der Waals surface area (Å²) in [5, 5.41) is 11.1. The van der Waals surface area contributed by atoms with Crippen LogP contribution >= 0.6 is 0 Å². The number of rotatable bonds is 6. The van der Waals surface area contributed by atoms with Gasteiger partial charge in [-0.15, -0.1) is 0 Å². The number of nitrogens with one attached hydrogen (secondary N) is 2. The minimum Gasteiger partial charge on any atom is -0.496 e. The lowest BCUT2D eigenvalue weighted by atomic mass is 10.2. The number of alkyl halides is 2. The van der Waals surface area contributed by atoms with Crippen LogP contribution in [0.1, 0.15) is 16.9 Å². The van der Waals surface area contributed by atoms with Gasteiger partial charge in [0.1, 0.15) is 23.3 Å². The molecule has 0 saturated heterocycles. The topological polar surface area (TPSA) is 91.4 Å². The van der Waals surface area contributed by atoms with E-state index in [2.05, 4.69) is 4.98 Å². The number of methoxy groups -OCH3 is 1. The molecule has 0 radical (unpaired) electrons. The van der Waals surface area contributed by atoms with Gasteiger partial charge in [0.15, 0.2) is 0 Å². The van der Waals surface area contributed by atoms with E-state index in [4.69, 9.17) is 9.84 Å². The Labute approximate surface area is 128 Å². The normalized spacial score (nSPS) is 12.4. The van der Waals surface area contributed by atoms with Gasteiger partial charge in [-0.3, -0.25) is 4.79 Å². The summed E-state index contributed by atoms with van der Waals surface area (Å²) in [5.74, 6) is -2.85. The van der Waals surface area contributed by atoms with Crippen LogP contribution < -0.4 is 10.1 Å². The van der Waals surface area contributed by atoms with Crippen molar-refractivity contribution in [2.24, 2.45) is 0 Å². The maximum atomic E-state index is 13.7. The number of aliphatic carboxylic acids is 1. The molecule has 1 aromatic heterocycles. The first-order valence-corrected chi connectivity index (χ1v) is 6.50. The number of carbonyl (C=O) groups excluding carboxylic acids is 1. The molecule has 0 saturated carbocycles. The predicted octanol–water partition coefficient (Wildman–Crippen LogP) is 2.15. The first-order valence-electron chi connectivity index (χ1n) is 6.50. The molecule has 0 aliphatic rings. The Morgan fingerprint density at radius 2 is 2.09 bits per heavy atom. The summed E-state index contributed by atoms with van der Waals surface area (Å²) in [6.07, 6.45) is -3.92. The second-order valence-electron chi connectivity index (χ2n) is 4.71. The minimum atomic E-state index is -2.89. The zero-order chi connectivity index (χ0) is 17.1. The van der Waals surface area contributed by atoms with E-state index in [-0.39, 0.29) is 16.6 Å². The largest absolute Gasteiger partial charge is 0.496 e. The number of benzene rings is 1. The molecule has 9 heteroatoms. The Balaban J connectivity index is 2.30. The Hall–Kier alpha value is -2.71. The van der Waals surface area contributed by atoms with Crippen molar-refractivity contribution in [2.45, 2.75) is 18.9 Å². The van der Waals surface area contributed by atoms with Gasteiger partial charge >= 0.3 is 5.97 Å². The number of carboxylic acids is 1. The van der Waals surface area contributed by atoms with Crippen LogP contribution in [0.4, 0.5) is 13.2 Å². The van der Waals surface area contributed by atoms with E-state index in [0.717, 1.165) is 6.07 Å². The number of hydrogen-bond acceptors (Lipinski definition) is 3. The van der Waals surface area contributed by atoms with Gasteiger partial charge < -0.3 is 20.1 Å². The van der Waals surface area contributed by atoms with E-state index < -0.39 is 36.6 Å². The van der Waals surface area contributed by atoms with Crippen molar-refractivity contribution in [2.75, 3.05) is 7.11 Å². The molecule has 0 bridgehead atoms. The summed E-state index contributed by atoms with van der Waals surface area (Å²) < 4.78 is 43.4. The van der Waals surface area contributed by atoms with Crippen molar-refractivity contribution in [1.82, 2.24) is 10.3 Å². The Morgan fingerprint density at radius 3 is 2.65 bits per heavy atom. The zero-order valence-corrected chi connectivity index (χ0v) is 11.9. The fourth-order valence-electron chi connectivity index (χ4n) is 2.10. The van der Waals surface area contributed by atoms with E-state index >= 15 is 0 Å². The Bertz CT molecular complexity index is 745. The van der Waals surface area contributed by atoms with E-state index in [0.29, 0.717) is 5.75 Å². The van der Waals surface area contributed by atoms with Gasteiger partial charge in [-0.1, -0.05) is 0 Å². The lowest BCUT2D eigenvalue weighted by Crippen LogP contribution is -2.42. The second kappa shape index (κ2) is 6.59. The standard InChI is InChI=1S/C14H13F3N2O4/c1-23-10-3-2-7(15)12-6(10)4-8(18-12)13(20)19-9(14(21)22)5-11(16)17/h2-4,9,11,18H,5H2,1H3,(H,19,20)(H,21,22). The molecule has 1 aromatic carbocycles. The van der Waals surface area contributed by atoms with Crippen molar-refractivity contribution in [3.05, 3.63) is 29.7 Å². The van der Waals surface area contributed by atoms with E-state index in [1.54, 1.807) is 0 Å². The first kappa shape index (κ1) is 16.7. The maximum Gasteiger partial charge on any atom is 0.326 e. The number of fused-ring (bicyclic) bond motifs is 1. The van der Waals surface area contributed by atoms with Crippen molar-refractivity contribution in [3.63, 3.8) is 0 Å². The van der Waals surface area contributed by atoms with Gasteiger partial charge in [-0.25, -0.2) is 18.0 Å². The number of H-pyrrole nitrogens is 1. The molecule has 1 amide bonds. The fourth-order valence-corrected chi connectivity index (χ4v) is 2.10. The first-order chi connectivity index (χ1) is 10.8. The van der Waals surface area contributed by atoms with Crippen LogP contribution in [0.5, 0.6) is 5.75 Å². The number of aromatic nitrogens is 1. The monoisotopic (exact) mass is 330 g/mol. The maximum absolute atomic E-state index is 13.7. The third-order valence-electron chi connectivity index (χ3n) is 3.18. The second-order valence-corrected chi connectivity index (χ2v) is 4.71. The number of carbonyl (C=O) groups is 2. The summed E-state index contributed by atoms with van der Waals surface area (Å²) in [5.41, 5.74) is -0.167. The molecule has 1 heterocycles. The molecule has 0 fully saturated rings. The average molecular weight is 330 g/mol. The number of carboxylic acid groups (broad SMARTS) is 1. The third-order valence-corrected chi connectivity index (χ3v) is 3.18. The quantitative estimate of drug-likeness (QED) is 0.757. The molecule has 2 rings (SSSR count). The number of amides is 1. The number of hydrogen-bond donors (Lipinski definition) is 3. The number of halogens is 3. The van der Waals surface area contributed by atoms with Gasteiger partial charge in [-0.05, 0) is 18.2 Å². The number of aromatic amines is 1. The highest BCUT2D eigenvalue weighted by Crippen LogP contribution is 2.28. The molecular weight excluding hydrogens is 317 g/mol. The molecular formula is C14H13F3N2O4. The summed E-state index contributed by atoms with van der Waals surface area (Å²) in [6.45, 7) is 0. The molecule has 1 unspecified atom stereocenters. The molecule has 2 aromatic rings. The van der Waals surface area contributed by atoms with Gasteiger partial charge in [0.2, 0.25) is 6.43 Å². The molecule has 23 heavy (non-hydrogen) atoms. The van der Waals surface area contributed by atoms with E-state index in [9.17, 15) is 22.8 Å². The van der Waals surface area contributed by atoms with Crippen LogP contribution in [0.15, 0.2) is 18.2 Å². The summed E-state index contributed by atoms with van der Waals surface area (Å²) in [7, 11) is 1.36. The van der Waals surface area contributed by atoms with E-state index in [1.165, 1.54) is 19.2 Å². The molecule has 6 nitrogen and oxygen atoms in total. The highest BCUT2D eigenvalue weighted by atomic mass is 19.3. The smallest absolute Gasteiger partial charge is 0.326 e. The highest BCUT2D eigenvalue weighted by molar-refractivity contribution is 6.01. The lowest BCUT2D eigenvalue weighted by molar-refractivity contribution is -0.140. The van der Waals surface area contributed by atoms with Crippen LogP contribution in [0.3, 0.4) is 0 Å². The van der Waals surface area contributed by atoms with Crippen molar-refractivity contribution < 1.29 is 32.6 Å². The van der Waals surface area contributed by atoms with Crippen LogP contribution in [-0.2, 0) is 4.79 Å².